The molecule has 3 rings (SSSR count). The summed E-state index contributed by atoms with van der Waals surface area (Å²) in [6.45, 7) is 0.829. The predicted octanol–water partition coefficient (Wildman–Crippen LogP) is 4.39. The van der Waals surface area contributed by atoms with Crippen LogP contribution in [0.4, 0.5) is 0 Å². The zero-order valence-electron chi connectivity index (χ0n) is 11.5. The Morgan fingerprint density at radius 3 is 2.68 bits per heavy atom. The Balaban J connectivity index is 1.60. The van der Waals surface area contributed by atoms with Crippen molar-refractivity contribution in [1.29, 1.82) is 0 Å². The quantitative estimate of drug-likeness (QED) is 0.855. The molecule has 2 aliphatic carbocycles. The first-order valence-corrected chi connectivity index (χ1v) is 8.49. The minimum absolute atomic E-state index is 0.656. The molecule has 19 heavy (non-hydrogen) atoms. The van der Waals surface area contributed by atoms with Crippen molar-refractivity contribution < 1.29 is 0 Å². The summed E-state index contributed by atoms with van der Waals surface area (Å²) in [7, 11) is 0. The molecule has 1 nitrogen and oxygen atoms in total. The molecule has 0 saturated heterocycles. The second kappa shape index (κ2) is 5.97. The monoisotopic (exact) mass is 321 g/mol. The molecule has 0 spiro atoms. The van der Waals surface area contributed by atoms with Crippen molar-refractivity contribution >= 4 is 15.9 Å². The van der Waals surface area contributed by atoms with E-state index in [4.69, 9.17) is 5.73 Å². The molecular weight excluding hydrogens is 298 g/mol. The van der Waals surface area contributed by atoms with Gasteiger partial charge in [0.05, 0.1) is 0 Å². The summed E-state index contributed by atoms with van der Waals surface area (Å²) in [4.78, 5) is 0. The third kappa shape index (κ3) is 3.05. The summed E-state index contributed by atoms with van der Waals surface area (Å²) >= 11 is 3.66. The van der Waals surface area contributed by atoms with E-state index in [0.29, 0.717) is 5.92 Å². The SMILES string of the molecule is NCC(Cc1ccccc1Br)CC1CC2CCC1C2. The van der Waals surface area contributed by atoms with Gasteiger partial charge in [-0.3, -0.25) is 0 Å². The zero-order chi connectivity index (χ0) is 13.2. The fourth-order valence-corrected chi connectivity index (χ4v) is 4.78. The average molecular weight is 322 g/mol. The van der Waals surface area contributed by atoms with Crippen LogP contribution in [-0.2, 0) is 6.42 Å². The van der Waals surface area contributed by atoms with Gasteiger partial charge in [0.25, 0.3) is 0 Å². The fourth-order valence-electron chi connectivity index (χ4n) is 4.33. The lowest BCUT2D eigenvalue weighted by molar-refractivity contribution is 0.268. The number of hydrogen-bond donors (Lipinski definition) is 1. The maximum Gasteiger partial charge on any atom is 0.0207 e. The van der Waals surface area contributed by atoms with E-state index in [2.05, 4.69) is 40.2 Å². The van der Waals surface area contributed by atoms with Gasteiger partial charge >= 0.3 is 0 Å². The lowest BCUT2D eigenvalue weighted by Crippen LogP contribution is -2.23. The van der Waals surface area contributed by atoms with E-state index in [1.165, 1.54) is 42.1 Å². The highest BCUT2D eigenvalue weighted by molar-refractivity contribution is 9.10. The summed E-state index contributed by atoms with van der Waals surface area (Å²) in [6.07, 6.45) is 8.46. The van der Waals surface area contributed by atoms with Crippen LogP contribution in [0.15, 0.2) is 28.7 Å². The summed E-state index contributed by atoms with van der Waals surface area (Å²) in [5, 5.41) is 0. The van der Waals surface area contributed by atoms with Gasteiger partial charge < -0.3 is 5.73 Å². The molecule has 1 aromatic rings. The molecule has 1 aromatic carbocycles. The van der Waals surface area contributed by atoms with Crippen molar-refractivity contribution in [3.63, 3.8) is 0 Å². The van der Waals surface area contributed by atoms with Crippen LogP contribution in [0.1, 0.15) is 37.7 Å². The van der Waals surface area contributed by atoms with Gasteiger partial charge in [-0.2, -0.15) is 0 Å². The molecular formula is C17H24BrN. The maximum atomic E-state index is 6.03. The molecule has 2 bridgehead atoms. The molecule has 0 radical (unpaired) electrons. The number of halogens is 1. The average Bonchev–Trinajstić information content (AvgIpc) is 3.02. The van der Waals surface area contributed by atoms with Gasteiger partial charge in [0.15, 0.2) is 0 Å². The first-order valence-electron chi connectivity index (χ1n) is 7.69. The van der Waals surface area contributed by atoms with E-state index in [1.54, 1.807) is 0 Å². The minimum Gasteiger partial charge on any atom is -0.330 e. The van der Waals surface area contributed by atoms with E-state index in [1.807, 2.05) is 0 Å². The lowest BCUT2D eigenvalue weighted by atomic mass is 9.80. The van der Waals surface area contributed by atoms with Crippen LogP contribution in [0.3, 0.4) is 0 Å². The summed E-state index contributed by atoms with van der Waals surface area (Å²) in [5.74, 6) is 3.70. The Morgan fingerprint density at radius 2 is 2.05 bits per heavy atom. The second-order valence-corrected chi connectivity index (χ2v) is 7.42. The van der Waals surface area contributed by atoms with E-state index in [9.17, 15) is 0 Å². The largest absolute Gasteiger partial charge is 0.330 e. The number of hydrogen-bond acceptors (Lipinski definition) is 1. The van der Waals surface area contributed by atoms with Crippen LogP contribution >= 0.6 is 15.9 Å². The molecule has 2 fully saturated rings. The lowest BCUT2D eigenvalue weighted by Gasteiger charge is -2.26. The van der Waals surface area contributed by atoms with Crippen molar-refractivity contribution in [3.8, 4) is 0 Å². The molecule has 0 aliphatic heterocycles. The number of benzene rings is 1. The van der Waals surface area contributed by atoms with Gasteiger partial charge in [0.1, 0.15) is 0 Å². The second-order valence-electron chi connectivity index (χ2n) is 6.57. The van der Waals surface area contributed by atoms with E-state index >= 15 is 0 Å². The van der Waals surface area contributed by atoms with Gasteiger partial charge in [-0.1, -0.05) is 40.5 Å². The Kier molecular flexibility index (Phi) is 4.28. The van der Waals surface area contributed by atoms with Gasteiger partial charge in [0.2, 0.25) is 0 Å². The molecule has 104 valence electrons. The highest BCUT2D eigenvalue weighted by Crippen LogP contribution is 2.50. The number of fused-ring (bicyclic) bond motifs is 2. The van der Waals surface area contributed by atoms with E-state index in [-0.39, 0.29) is 0 Å². The smallest absolute Gasteiger partial charge is 0.0207 e. The molecule has 0 heterocycles. The summed E-state index contributed by atoms with van der Waals surface area (Å²) in [6, 6.07) is 8.58. The Morgan fingerprint density at radius 1 is 1.21 bits per heavy atom. The van der Waals surface area contributed by atoms with Gasteiger partial charge in [-0.15, -0.1) is 0 Å². The van der Waals surface area contributed by atoms with Crippen LogP contribution in [0, 0.1) is 23.7 Å². The van der Waals surface area contributed by atoms with Crippen LogP contribution in [-0.4, -0.2) is 6.54 Å². The molecule has 2 heteroatoms. The molecule has 2 N–H and O–H groups in total. The minimum atomic E-state index is 0.656. The molecule has 0 amide bonds. The third-order valence-corrected chi connectivity index (χ3v) is 6.09. The predicted molar refractivity (Wildman–Crippen MR) is 83.9 cm³/mol. The van der Waals surface area contributed by atoms with Crippen molar-refractivity contribution in [1.82, 2.24) is 0 Å². The topological polar surface area (TPSA) is 26.0 Å². The molecule has 4 atom stereocenters. The Bertz CT molecular complexity index is 431. The molecule has 2 saturated carbocycles. The van der Waals surface area contributed by atoms with Gasteiger partial charge in [-0.25, -0.2) is 0 Å². The Labute approximate surface area is 125 Å². The van der Waals surface area contributed by atoms with Crippen LogP contribution < -0.4 is 5.73 Å². The van der Waals surface area contributed by atoms with Crippen molar-refractivity contribution in [3.05, 3.63) is 34.3 Å². The zero-order valence-corrected chi connectivity index (χ0v) is 13.1. The normalized spacial score (nSPS) is 30.7. The van der Waals surface area contributed by atoms with Gasteiger partial charge in [-0.05, 0) is 74.0 Å². The molecule has 4 unspecified atom stereocenters. The van der Waals surface area contributed by atoms with E-state index < -0.39 is 0 Å². The summed E-state index contributed by atoms with van der Waals surface area (Å²) in [5.41, 5.74) is 7.45. The van der Waals surface area contributed by atoms with Crippen molar-refractivity contribution in [2.75, 3.05) is 6.54 Å². The maximum absolute atomic E-state index is 6.03. The molecule has 2 aliphatic rings. The van der Waals surface area contributed by atoms with Crippen molar-refractivity contribution in [2.24, 2.45) is 29.4 Å². The van der Waals surface area contributed by atoms with Crippen LogP contribution in [0.2, 0.25) is 0 Å². The Hall–Kier alpha value is -0.340. The standard InChI is InChI=1S/C17H24BrN/c18-17-4-2-1-3-15(17)9-13(11-19)10-16-8-12-5-6-14(16)7-12/h1-4,12-14,16H,5-11,19H2. The first-order chi connectivity index (χ1) is 9.26. The fraction of sp³-hybridized carbons (Fsp3) is 0.647. The van der Waals surface area contributed by atoms with Gasteiger partial charge in [0, 0.05) is 4.47 Å². The third-order valence-electron chi connectivity index (χ3n) is 5.32. The van der Waals surface area contributed by atoms with Crippen molar-refractivity contribution in [2.45, 2.75) is 38.5 Å². The number of nitrogens with two attached hydrogens (primary N) is 1. The first kappa shape index (κ1) is 13.6. The van der Waals surface area contributed by atoms with Crippen LogP contribution in [0.25, 0.3) is 0 Å². The van der Waals surface area contributed by atoms with E-state index in [0.717, 1.165) is 30.7 Å². The number of rotatable bonds is 5. The van der Waals surface area contributed by atoms with Crippen LogP contribution in [0.5, 0.6) is 0 Å². The molecule has 0 aromatic heterocycles. The highest BCUT2D eigenvalue weighted by Gasteiger charge is 2.39. The highest BCUT2D eigenvalue weighted by atomic mass is 79.9. The summed E-state index contributed by atoms with van der Waals surface area (Å²) < 4.78 is 1.24.